The lowest BCUT2D eigenvalue weighted by Crippen LogP contribution is -1.96. The lowest BCUT2D eigenvalue weighted by Gasteiger charge is -2.10. The van der Waals surface area contributed by atoms with Gasteiger partial charge in [-0.2, -0.15) is 0 Å². The van der Waals surface area contributed by atoms with Crippen molar-refractivity contribution in [3.05, 3.63) is 204 Å². The molecular weight excluding hydrogens is 758 g/mol. The van der Waals surface area contributed by atoms with Gasteiger partial charge in [0.1, 0.15) is 0 Å². The van der Waals surface area contributed by atoms with Crippen molar-refractivity contribution in [2.75, 3.05) is 5.32 Å². The summed E-state index contributed by atoms with van der Waals surface area (Å²) in [6.45, 7) is 0. The van der Waals surface area contributed by atoms with Gasteiger partial charge in [-0.05, 0) is 120 Å². The number of rotatable bonds is 4. The minimum Gasteiger partial charge on any atom is -0.354 e. The largest absolute Gasteiger partial charge is 0.354 e. The maximum Gasteiger partial charge on any atom is 0.220 e. The minimum absolute atomic E-state index is 0. The van der Waals surface area contributed by atoms with E-state index < -0.39 is 0 Å². The number of hydrogen-bond donors (Lipinski definition) is 1. The summed E-state index contributed by atoms with van der Waals surface area (Å²) in [5, 5.41) is 4.13. The quantitative estimate of drug-likeness (QED) is 0.193. The van der Waals surface area contributed by atoms with Crippen molar-refractivity contribution in [1.82, 2.24) is 27.9 Å². The fourth-order valence-corrected chi connectivity index (χ4v) is 9.07. The van der Waals surface area contributed by atoms with Crippen molar-refractivity contribution in [3.63, 3.8) is 0 Å². The first-order valence-electron chi connectivity index (χ1n) is 19.7. The van der Waals surface area contributed by atoms with Gasteiger partial charge in [-0.25, -0.2) is 9.97 Å². The number of hydrogen-bond acceptors (Lipinski definition) is 3. The van der Waals surface area contributed by atoms with Gasteiger partial charge >= 0.3 is 0 Å². The average molecular weight is 796 g/mol. The van der Waals surface area contributed by atoms with E-state index in [1.54, 1.807) is 0 Å². The van der Waals surface area contributed by atoms with Gasteiger partial charge < -0.3 is 5.32 Å². The third kappa shape index (κ3) is 5.51. The molecule has 0 aliphatic heterocycles. The standard InChI is InChI=1S/C26H17N3.C25H17ClN4.CH4/c1-2-9-19(10-3-1)28-24-15-18-14-17-8-4-5-11-20(17)21(18)16-25(24)29-23-13-7-6-12-22(23)27-26(28)29;26-19-10-4-5-11-20(19)27-17-14-15-23-24(16-17)29(18-8-2-1-3-9-18)25-28-21-12-6-7-13-22(21)30(23)25;/h1-13,15-16H,14H2;1-16,27H;1H4. The molecule has 0 unspecified atom stereocenters. The van der Waals surface area contributed by atoms with Crippen LogP contribution in [0.25, 0.3) is 78.2 Å². The zero-order chi connectivity index (χ0) is 39.0. The van der Waals surface area contributed by atoms with Gasteiger partial charge in [0.15, 0.2) is 0 Å². The van der Waals surface area contributed by atoms with Crippen molar-refractivity contribution in [3.8, 4) is 22.5 Å². The zero-order valence-electron chi connectivity index (χ0n) is 31.7. The highest BCUT2D eigenvalue weighted by Gasteiger charge is 2.24. The lowest BCUT2D eigenvalue weighted by molar-refractivity contribution is 1.11. The average Bonchev–Trinajstić information content (AvgIpc) is 4.08. The normalized spacial score (nSPS) is 11.9. The molecule has 12 aromatic rings. The second kappa shape index (κ2) is 14.0. The topological polar surface area (TPSA) is 56.5 Å². The minimum atomic E-state index is 0. The van der Waals surface area contributed by atoms with Crippen molar-refractivity contribution in [2.24, 2.45) is 0 Å². The van der Waals surface area contributed by atoms with Crippen LogP contribution in [0, 0.1) is 0 Å². The number of nitrogens with one attached hydrogen (secondary N) is 1. The second-order valence-electron chi connectivity index (χ2n) is 15.0. The Morgan fingerprint density at radius 1 is 0.433 bits per heavy atom. The van der Waals surface area contributed by atoms with Gasteiger partial charge in [-0.3, -0.25) is 17.9 Å². The van der Waals surface area contributed by atoms with Crippen LogP contribution in [0.4, 0.5) is 11.4 Å². The Balaban J connectivity index is 0.000000134. The van der Waals surface area contributed by atoms with Gasteiger partial charge in [-0.1, -0.05) is 116 Å². The Morgan fingerprint density at radius 2 is 0.983 bits per heavy atom. The van der Waals surface area contributed by atoms with E-state index in [4.69, 9.17) is 21.6 Å². The number of aromatic nitrogens is 6. The Kier molecular flexibility index (Phi) is 8.32. The predicted octanol–water partition coefficient (Wildman–Crippen LogP) is 13.5. The number of anilines is 2. The van der Waals surface area contributed by atoms with Crippen LogP contribution in [0.5, 0.6) is 0 Å². The fourth-order valence-electron chi connectivity index (χ4n) is 8.89. The monoisotopic (exact) mass is 795 g/mol. The van der Waals surface area contributed by atoms with Crippen LogP contribution in [0.2, 0.25) is 5.02 Å². The van der Waals surface area contributed by atoms with Crippen LogP contribution < -0.4 is 5.32 Å². The molecule has 0 saturated heterocycles. The van der Waals surface area contributed by atoms with Gasteiger partial charge in [0.2, 0.25) is 11.6 Å². The van der Waals surface area contributed by atoms with Crippen molar-refractivity contribution in [1.29, 1.82) is 0 Å². The molecule has 288 valence electrons. The van der Waals surface area contributed by atoms with E-state index in [-0.39, 0.29) is 7.43 Å². The molecule has 0 bridgehead atoms. The van der Waals surface area contributed by atoms with E-state index in [2.05, 4.69) is 163 Å². The van der Waals surface area contributed by atoms with Gasteiger partial charge in [-0.15, -0.1) is 0 Å². The van der Waals surface area contributed by atoms with E-state index in [1.165, 1.54) is 33.3 Å². The molecule has 8 heteroatoms. The maximum atomic E-state index is 6.35. The molecule has 0 atom stereocenters. The molecule has 60 heavy (non-hydrogen) atoms. The molecule has 4 aromatic heterocycles. The molecule has 0 spiro atoms. The fraction of sp³-hybridized carbons (Fsp3) is 0.0385. The molecule has 0 radical (unpaired) electrons. The first-order chi connectivity index (χ1) is 29.2. The van der Waals surface area contributed by atoms with E-state index in [0.29, 0.717) is 5.02 Å². The maximum absolute atomic E-state index is 6.35. The van der Waals surface area contributed by atoms with Crippen LogP contribution in [-0.2, 0) is 6.42 Å². The van der Waals surface area contributed by atoms with E-state index in [0.717, 1.165) is 73.8 Å². The summed E-state index contributed by atoms with van der Waals surface area (Å²) in [6.07, 6.45) is 0.991. The van der Waals surface area contributed by atoms with Crippen LogP contribution >= 0.6 is 11.6 Å². The van der Waals surface area contributed by atoms with Crippen LogP contribution in [0.1, 0.15) is 18.6 Å². The number of benzene rings is 8. The summed E-state index contributed by atoms with van der Waals surface area (Å²) in [5.41, 5.74) is 18.4. The Labute approximate surface area is 351 Å². The summed E-state index contributed by atoms with van der Waals surface area (Å²) >= 11 is 6.35. The summed E-state index contributed by atoms with van der Waals surface area (Å²) in [6, 6.07) is 65.1. The number of halogens is 1. The van der Waals surface area contributed by atoms with Crippen LogP contribution in [-0.4, -0.2) is 27.9 Å². The summed E-state index contributed by atoms with van der Waals surface area (Å²) < 4.78 is 9.02. The van der Waals surface area contributed by atoms with E-state index in [1.807, 2.05) is 48.5 Å². The van der Waals surface area contributed by atoms with Crippen molar-refractivity contribution >= 4 is 78.7 Å². The highest BCUT2D eigenvalue weighted by atomic mass is 35.5. The van der Waals surface area contributed by atoms with Crippen molar-refractivity contribution in [2.45, 2.75) is 13.8 Å². The second-order valence-corrected chi connectivity index (χ2v) is 15.4. The Hall–Kier alpha value is -7.61. The third-order valence-corrected chi connectivity index (χ3v) is 11.8. The van der Waals surface area contributed by atoms with Crippen LogP contribution in [0.15, 0.2) is 188 Å². The molecule has 7 nitrogen and oxygen atoms in total. The zero-order valence-corrected chi connectivity index (χ0v) is 32.4. The number of nitrogens with zero attached hydrogens (tertiary/aromatic N) is 6. The number of fused-ring (bicyclic) bond motifs is 13. The predicted molar refractivity (Wildman–Crippen MR) is 249 cm³/mol. The van der Waals surface area contributed by atoms with E-state index in [9.17, 15) is 0 Å². The summed E-state index contributed by atoms with van der Waals surface area (Å²) in [4.78, 5) is 9.94. The summed E-state index contributed by atoms with van der Waals surface area (Å²) in [5.74, 6) is 1.86. The number of imidazole rings is 4. The third-order valence-electron chi connectivity index (χ3n) is 11.5. The van der Waals surface area contributed by atoms with E-state index >= 15 is 0 Å². The highest BCUT2D eigenvalue weighted by Crippen LogP contribution is 2.41. The SMILES string of the molecule is C.Clc1ccccc1Nc1ccc2c(c1)n(-c1ccccc1)c1nc3ccccc3n21.c1ccc(-n2c3cc4c(cc3n3c5ccccc5nc23)-c2ccccc2C4)cc1. The molecule has 1 aliphatic carbocycles. The first kappa shape index (κ1) is 35.5. The molecule has 13 rings (SSSR count). The lowest BCUT2D eigenvalue weighted by atomic mass is 10.1. The molecule has 0 amide bonds. The molecule has 8 aromatic carbocycles. The van der Waals surface area contributed by atoms with Gasteiger partial charge in [0, 0.05) is 17.1 Å². The molecule has 0 fully saturated rings. The summed E-state index contributed by atoms with van der Waals surface area (Å²) in [7, 11) is 0. The van der Waals surface area contributed by atoms with Crippen LogP contribution in [0.3, 0.4) is 0 Å². The molecule has 1 aliphatic rings. The molecular formula is C52H38ClN7. The number of para-hydroxylation sites is 7. The molecule has 0 saturated carbocycles. The first-order valence-corrected chi connectivity index (χ1v) is 20.1. The molecule has 4 heterocycles. The molecule has 1 N–H and O–H groups in total. The Morgan fingerprint density at radius 3 is 1.65 bits per heavy atom. The smallest absolute Gasteiger partial charge is 0.220 e. The Bertz CT molecular complexity index is 3580. The van der Waals surface area contributed by atoms with Crippen molar-refractivity contribution < 1.29 is 0 Å². The highest BCUT2D eigenvalue weighted by molar-refractivity contribution is 6.33. The van der Waals surface area contributed by atoms with Gasteiger partial charge in [0.05, 0.1) is 54.8 Å². The van der Waals surface area contributed by atoms with Gasteiger partial charge in [0.25, 0.3) is 0 Å².